The largest absolute Gasteiger partial charge is 0.507 e. The predicted octanol–water partition coefficient (Wildman–Crippen LogP) is 2.29. The van der Waals surface area contributed by atoms with Gasteiger partial charge in [-0.15, -0.1) is 0 Å². The second-order valence-electron chi connectivity index (χ2n) is 2.73. The first-order valence-electron chi connectivity index (χ1n) is 3.71. The molecule has 0 aliphatic carbocycles. The third kappa shape index (κ3) is 1.45. The van der Waals surface area contributed by atoms with Crippen molar-refractivity contribution < 1.29 is 5.11 Å². The van der Waals surface area contributed by atoms with Crippen LogP contribution in [0.2, 0.25) is 0 Å². The fraction of sp³-hybridized carbons (Fsp3) is 0. The molecular weight excluding hydrogens is 232 g/mol. The molecule has 1 aromatic carbocycles. The van der Waals surface area contributed by atoms with Gasteiger partial charge in [0.15, 0.2) is 0 Å². The number of fused-ring (bicyclic) bond motifs is 1. The molecule has 0 saturated heterocycles. The fourth-order valence-electron chi connectivity index (χ4n) is 1.20. The molecule has 0 fully saturated rings. The molecule has 1 aromatic heterocycles. The lowest BCUT2D eigenvalue weighted by Gasteiger charge is -2.01. The normalized spacial score (nSPS) is 10.5. The molecule has 0 unspecified atom stereocenters. The Kier molecular flexibility index (Phi) is 1.84. The van der Waals surface area contributed by atoms with E-state index in [9.17, 15) is 5.11 Å². The van der Waals surface area contributed by atoms with Gasteiger partial charge in [0.05, 0.1) is 5.52 Å². The van der Waals surface area contributed by atoms with E-state index in [1.807, 2.05) is 6.07 Å². The summed E-state index contributed by atoms with van der Waals surface area (Å²) in [6.45, 7) is 0. The minimum absolute atomic E-state index is 0.156. The summed E-state index contributed by atoms with van der Waals surface area (Å²) in [5.74, 6) is 0.483. The van der Waals surface area contributed by atoms with Crippen LogP contribution in [0.15, 0.2) is 28.7 Å². The minimum atomic E-state index is 0.156. The van der Waals surface area contributed by atoms with Crippen molar-refractivity contribution in [3.8, 4) is 5.75 Å². The number of rotatable bonds is 0. The molecule has 66 valence electrons. The highest BCUT2D eigenvalue weighted by molar-refractivity contribution is 9.10. The Balaban J connectivity index is 2.87. The molecule has 13 heavy (non-hydrogen) atoms. The highest BCUT2D eigenvalue weighted by Crippen LogP contribution is 2.27. The number of hydrogen-bond acceptors (Lipinski definition) is 3. The van der Waals surface area contributed by atoms with Crippen LogP contribution in [0.25, 0.3) is 10.9 Å². The summed E-state index contributed by atoms with van der Waals surface area (Å²) in [5.41, 5.74) is 6.18. The van der Waals surface area contributed by atoms with Crippen molar-refractivity contribution in [1.82, 2.24) is 4.98 Å². The van der Waals surface area contributed by atoms with Crippen molar-refractivity contribution in [3.63, 3.8) is 0 Å². The zero-order chi connectivity index (χ0) is 9.42. The van der Waals surface area contributed by atoms with Crippen LogP contribution in [0.5, 0.6) is 5.75 Å². The lowest BCUT2D eigenvalue weighted by atomic mass is 10.2. The van der Waals surface area contributed by atoms with Gasteiger partial charge in [0.2, 0.25) is 0 Å². The molecule has 4 heteroatoms. The highest BCUT2D eigenvalue weighted by atomic mass is 79.9. The van der Waals surface area contributed by atoms with Crippen molar-refractivity contribution in [2.24, 2.45) is 0 Å². The third-order valence-corrected chi connectivity index (χ3v) is 2.26. The number of hydrogen-bond donors (Lipinski definition) is 2. The number of aromatic nitrogens is 1. The third-order valence-electron chi connectivity index (χ3n) is 1.77. The molecule has 3 N–H and O–H groups in total. The van der Waals surface area contributed by atoms with Crippen LogP contribution in [0.4, 0.5) is 5.82 Å². The Hall–Kier alpha value is -1.29. The molecule has 0 spiro atoms. The zero-order valence-electron chi connectivity index (χ0n) is 6.66. The summed E-state index contributed by atoms with van der Waals surface area (Å²) in [7, 11) is 0. The van der Waals surface area contributed by atoms with Gasteiger partial charge in [-0.05, 0) is 18.2 Å². The van der Waals surface area contributed by atoms with E-state index in [0.29, 0.717) is 16.7 Å². The van der Waals surface area contributed by atoms with Crippen LogP contribution < -0.4 is 5.73 Å². The fourth-order valence-corrected chi connectivity index (χ4v) is 1.56. The van der Waals surface area contributed by atoms with E-state index in [4.69, 9.17) is 5.73 Å². The van der Waals surface area contributed by atoms with Crippen molar-refractivity contribution in [2.45, 2.75) is 0 Å². The summed E-state index contributed by atoms with van der Waals surface area (Å²) in [6.07, 6.45) is 0. The van der Waals surface area contributed by atoms with Gasteiger partial charge in [0.1, 0.15) is 11.6 Å². The second-order valence-corrected chi connectivity index (χ2v) is 3.64. The number of nitrogens with zero attached hydrogens (tertiary/aromatic N) is 1. The molecule has 0 bridgehead atoms. The lowest BCUT2D eigenvalue weighted by molar-refractivity contribution is 0.481. The second kappa shape index (κ2) is 2.88. The predicted molar refractivity (Wildman–Crippen MR) is 55.5 cm³/mol. The van der Waals surface area contributed by atoms with Crippen molar-refractivity contribution in [2.75, 3.05) is 5.73 Å². The maximum Gasteiger partial charge on any atom is 0.128 e. The Morgan fingerprint density at radius 1 is 1.31 bits per heavy atom. The Morgan fingerprint density at radius 3 is 2.85 bits per heavy atom. The molecule has 1 heterocycles. The van der Waals surface area contributed by atoms with E-state index >= 15 is 0 Å². The van der Waals surface area contributed by atoms with Gasteiger partial charge in [-0.3, -0.25) is 0 Å². The molecule has 3 nitrogen and oxygen atoms in total. The van der Waals surface area contributed by atoms with Crippen molar-refractivity contribution in [3.05, 3.63) is 28.7 Å². The van der Waals surface area contributed by atoms with Gasteiger partial charge >= 0.3 is 0 Å². The molecule has 2 aromatic rings. The van der Waals surface area contributed by atoms with Gasteiger partial charge < -0.3 is 10.8 Å². The SMILES string of the molecule is Nc1cc(O)c2cc(Br)ccc2n1. The van der Waals surface area contributed by atoms with Crippen LogP contribution in [0, 0.1) is 0 Å². The van der Waals surface area contributed by atoms with E-state index in [1.54, 1.807) is 12.1 Å². The average molecular weight is 239 g/mol. The van der Waals surface area contributed by atoms with Gasteiger partial charge in [-0.1, -0.05) is 15.9 Å². The van der Waals surface area contributed by atoms with Crippen molar-refractivity contribution >= 4 is 32.7 Å². The van der Waals surface area contributed by atoms with Crippen LogP contribution in [-0.4, -0.2) is 10.1 Å². The maximum atomic E-state index is 9.54. The summed E-state index contributed by atoms with van der Waals surface area (Å²) >= 11 is 3.31. The molecule has 0 aliphatic heterocycles. The number of pyridine rings is 1. The quantitative estimate of drug-likeness (QED) is 0.741. The van der Waals surface area contributed by atoms with Crippen LogP contribution in [-0.2, 0) is 0 Å². The molecule has 2 rings (SSSR count). The summed E-state index contributed by atoms with van der Waals surface area (Å²) in [5, 5.41) is 10.2. The number of halogens is 1. The van der Waals surface area contributed by atoms with Crippen LogP contribution >= 0.6 is 15.9 Å². The standard InChI is InChI=1S/C9H7BrN2O/c10-5-1-2-7-6(3-5)8(13)4-9(11)12-7/h1-4H,(H3,11,12,13). The van der Waals surface area contributed by atoms with E-state index in [2.05, 4.69) is 20.9 Å². The molecule has 0 radical (unpaired) electrons. The van der Waals surface area contributed by atoms with Gasteiger partial charge in [0.25, 0.3) is 0 Å². The molecule has 0 amide bonds. The summed E-state index contributed by atoms with van der Waals surface area (Å²) in [6, 6.07) is 6.90. The van der Waals surface area contributed by atoms with Crippen molar-refractivity contribution in [1.29, 1.82) is 0 Å². The zero-order valence-corrected chi connectivity index (χ0v) is 8.25. The Labute approximate surface area is 83.3 Å². The minimum Gasteiger partial charge on any atom is -0.507 e. The first-order valence-corrected chi connectivity index (χ1v) is 4.51. The number of nitrogen functional groups attached to an aromatic ring is 1. The lowest BCUT2D eigenvalue weighted by Crippen LogP contribution is -1.90. The Bertz CT molecular complexity index is 470. The molecule has 0 saturated carbocycles. The highest BCUT2D eigenvalue weighted by Gasteiger charge is 2.02. The summed E-state index contributed by atoms with van der Waals surface area (Å²) in [4.78, 5) is 4.07. The topological polar surface area (TPSA) is 59.1 Å². The van der Waals surface area contributed by atoms with Crippen LogP contribution in [0.3, 0.4) is 0 Å². The first kappa shape index (κ1) is 8.31. The van der Waals surface area contributed by atoms with Gasteiger partial charge in [-0.2, -0.15) is 0 Å². The molecule has 0 aliphatic rings. The van der Waals surface area contributed by atoms with Gasteiger partial charge in [-0.25, -0.2) is 4.98 Å². The average Bonchev–Trinajstić information content (AvgIpc) is 2.06. The number of anilines is 1. The molecular formula is C9H7BrN2O. The smallest absolute Gasteiger partial charge is 0.128 e. The van der Waals surface area contributed by atoms with E-state index in [1.165, 1.54) is 6.07 Å². The summed E-state index contributed by atoms with van der Waals surface area (Å²) < 4.78 is 0.905. The molecule has 0 atom stereocenters. The van der Waals surface area contributed by atoms with E-state index in [0.717, 1.165) is 4.47 Å². The van der Waals surface area contributed by atoms with E-state index < -0.39 is 0 Å². The number of aromatic hydroxyl groups is 1. The Morgan fingerprint density at radius 2 is 2.08 bits per heavy atom. The van der Waals surface area contributed by atoms with Gasteiger partial charge in [0, 0.05) is 15.9 Å². The number of nitrogens with two attached hydrogens (primary N) is 1. The first-order chi connectivity index (χ1) is 6.16. The van der Waals surface area contributed by atoms with Crippen LogP contribution in [0.1, 0.15) is 0 Å². The van der Waals surface area contributed by atoms with E-state index in [-0.39, 0.29) is 5.75 Å². The monoisotopic (exact) mass is 238 g/mol. The maximum absolute atomic E-state index is 9.54. The number of benzene rings is 1.